The van der Waals surface area contributed by atoms with Gasteiger partial charge in [-0.1, -0.05) is 0 Å². The minimum Gasteiger partial charge on any atom is -0.477 e. The Hall–Kier alpha value is -2.44. The molecule has 0 saturated heterocycles. The topological polar surface area (TPSA) is 85.3 Å². The Bertz CT molecular complexity index is 844. The Morgan fingerprint density at radius 1 is 1.52 bits per heavy atom. The third-order valence-electron chi connectivity index (χ3n) is 3.79. The van der Waals surface area contributed by atoms with Crippen LogP contribution in [-0.4, -0.2) is 21.8 Å². The lowest BCUT2D eigenvalue weighted by molar-refractivity contribution is 0.0694. The number of rotatable bonds is 2. The average Bonchev–Trinajstić information content (AvgIpc) is 3.12. The van der Waals surface area contributed by atoms with E-state index in [1.807, 2.05) is 0 Å². The van der Waals surface area contributed by atoms with Gasteiger partial charge >= 0.3 is 5.97 Å². The normalized spacial score (nSPS) is 20.7. The first-order valence-corrected chi connectivity index (χ1v) is 6.33. The van der Waals surface area contributed by atoms with Gasteiger partial charge in [-0.05, 0) is 13.0 Å². The first kappa shape index (κ1) is 13.5. The molecule has 0 unspecified atom stereocenters. The average molecular weight is 294 g/mol. The van der Waals surface area contributed by atoms with Gasteiger partial charge in [-0.2, -0.15) is 0 Å². The van der Waals surface area contributed by atoms with Crippen LogP contribution < -0.4 is 11.2 Å². The highest BCUT2D eigenvalue weighted by Crippen LogP contribution is 2.41. The second kappa shape index (κ2) is 4.28. The lowest BCUT2D eigenvalue weighted by Gasteiger charge is -2.15. The number of nitrogens with zero attached hydrogens (tertiary/aromatic N) is 1. The van der Waals surface area contributed by atoms with Crippen molar-refractivity contribution in [3.05, 3.63) is 39.4 Å². The van der Waals surface area contributed by atoms with Gasteiger partial charge in [0.15, 0.2) is 0 Å². The zero-order valence-electron chi connectivity index (χ0n) is 11.1. The Labute approximate surface area is 117 Å². The molecular formula is C14H12F2N2O3. The fourth-order valence-electron chi connectivity index (χ4n) is 2.57. The summed E-state index contributed by atoms with van der Waals surface area (Å²) in [6.07, 6.45) is 0.136. The number of halogens is 2. The molecule has 0 aliphatic heterocycles. The number of pyridine rings is 1. The first-order valence-electron chi connectivity index (χ1n) is 6.33. The predicted octanol–water partition coefficient (Wildman–Crippen LogP) is 2.01. The van der Waals surface area contributed by atoms with E-state index >= 15 is 0 Å². The van der Waals surface area contributed by atoms with Gasteiger partial charge in [0.05, 0.1) is 16.9 Å². The Kier molecular flexibility index (Phi) is 2.76. The van der Waals surface area contributed by atoms with Gasteiger partial charge in [-0.3, -0.25) is 4.79 Å². The van der Waals surface area contributed by atoms with E-state index in [2.05, 4.69) is 0 Å². The molecule has 1 aromatic carbocycles. The molecule has 0 bridgehead atoms. The predicted molar refractivity (Wildman–Crippen MR) is 72.8 cm³/mol. The van der Waals surface area contributed by atoms with Crippen LogP contribution in [0.15, 0.2) is 17.1 Å². The summed E-state index contributed by atoms with van der Waals surface area (Å²) in [5, 5.41) is 9.03. The van der Waals surface area contributed by atoms with Crippen LogP contribution in [0.5, 0.6) is 0 Å². The summed E-state index contributed by atoms with van der Waals surface area (Å²) < 4.78 is 28.6. The van der Waals surface area contributed by atoms with E-state index < -0.39 is 35.0 Å². The molecule has 0 radical (unpaired) electrons. The van der Waals surface area contributed by atoms with E-state index in [1.165, 1.54) is 11.5 Å². The first-order chi connectivity index (χ1) is 9.82. The quantitative estimate of drug-likeness (QED) is 0.830. The molecule has 1 aliphatic rings. The summed E-state index contributed by atoms with van der Waals surface area (Å²) in [6.45, 7) is 1.45. The Balaban J connectivity index is 2.52. The van der Waals surface area contributed by atoms with Crippen LogP contribution in [-0.2, 0) is 0 Å². The molecule has 21 heavy (non-hydrogen) atoms. The maximum absolute atomic E-state index is 13.9. The van der Waals surface area contributed by atoms with Gasteiger partial charge in [-0.15, -0.1) is 0 Å². The molecule has 1 heterocycles. The van der Waals surface area contributed by atoms with E-state index in [0.717, 1.165) is 12.3 Å². The van der Waals surface area contributed by atoms with E-state index in [4.69, 9.17) is 10.8 Å². The summed E-state index contributed by atoms with van der Waals surface area (Å²) in [4.78, 5) is 23.4. The molecule has 1 saturated carbocycles. The number of carbonyl (C=O) groups is 1. The fraction of sp³-hybridized carbons (Fsp3) is 0.286. The molecule has 7 heteroatoms. The number of aromatic carboxylic acids is 1. The summed E-state index contributed by atoms with van der Waals surface area (Å²) in [6, 6.07) is 0.389. The third kappa shape index (κ3) is 1.88. The van der Waals surface area contributed by atoms with Crippen molar-refractivity contribution >= 4 is 22.6 Å². The monoisotopic (exact) mass is 294 g/mol. The van der Waals surface area contributed by atoms with E-state index in [0.29, 0.717) is 0 Å². The van der Waals surface area contributed by atoms with E-state index in [1.54, 1.807) is 0 Å². The summed E-state index contributed by atoms with van der Waals surface area (Å²) >= 11 is 0. The van der Waals surface area contributed by atoms with Gasteiger partial charge in [0, 0.05) is 23.9 Å². The van der Waals surface area contributed by atoms with Crippen LogP contribution in [0.4, 0.5) is 14.5 Å². The molecule has 3 rings (SSSR count). The number of carboxylic acid groups (broad SMARTS) is 1. The number of hydrogen-bond acceptors (Lipinski definition) is 3. The molecule has 0 amide bonds. The molecule has 5 nitrogen and oxygen atoms in total. The van der Waals surface area contributed by atoms with E-state index in [9.17, 15) is 18.4 Å². The molecule has 1 fully saturated rings. The van der Waals surface area contributed by atoms with Gasteiger partial charge < -0.3 is 15.4 Å². The van der Waals surface area contributed by atoms with Crippen LogP contribution in [0.25, 0.3) is 10.9 Å². The molecular weight excluding hydrogens is 282 g/mol. The molecule has 3 N–H and O–H groups in total. The number of alkyl halides is 1. The number of nitrogens with two attached hydrogens (primary N) is 1. The van der Waals surface area contributed by atoms with Crippen molar-refractivity contribution in [1.82, 2.24) is 4.57 Å². The number of carboxylic acids is 1. The van der Waals surface area contributed by atoms with E-state index in [-0.39, 0.29) is 28.6 Å². The molecule has 2 atom stereocenters. The van der Waals surface area contributed by atoms with Crippen LogP contribution in [0, 0.1) is 12.7 Å². The molecule has 0 spiro atoms. The number of aryl methyl sites for hydroxylation is 1. The largest absolute Gasteiger partial charge is 0.477 e. The highest BCUT2D eigenvalue weighted by Gasteiger charge is 2.40. The van der Waals surface area contributed by atoms with Crippen molar-refractivity contribution in [1.29, 1.82) is 0 Å². The van der Waals surface area contributed by atoms with Crippen molar-refractivity contribution in [3.8, 4) is 0 Å². The minimum atomic E-state index is -1.42. The van der Waals surface area contributed by atoms with Gasteiger partial charge in [0.1, 0.15) is 17.6 Å². The molecule has 1 aromatic heterocycles. The second-order valence-corrected chi connectivity index (χ2v) is 5.20. The highest BCUT2D eigenvalue weighted by atomic mass is 19.1. The Morgan fingerprint density at radius 2 is 2.14 bits per heavy atom. The van der Waals surface area contributed by atoms with Crippen molar-refractivity contribution in [3.63, 3.8) is 0 Å². The molecule has 110 valence electrons. The number of aromatic nitrogens is 1. The van der Waals surface area contributed by atoms with Gasteiger partial charge in [0.25, 0.3) is 0 Å². The second-order valence-electron chi connectivity index (χ2n) is 5.20. The maximum Gasteiger partial charge on any atom is 0.341 e. The number of benzene rings is 1. The standard InChI is InChI=1S/C14H12F2N2O3/c1-5-7(15)2-9(17)11-12(5)18(10-3-8(10)16)4-6(13(11)19)14(20)21/h2,4,8,10H,3,17H2,1H3,(H,20,21)/t8-,10-/m1/s1. The maximum atomic E-state index is 13.9. The summed E-state index contributed by atoms with van der Waals surface area (Å²) in [5.41, 5.74) is 4.55. The minimum absolute atomic E-state index is 0.0760. The summed E-state index contributed by atoms with van der Waals surface area (Å²) in [5.74, 6) is -2.04. The fourth-order valence-corrected chi connectivity index (χ4v) is 2.57. The number of hydrogen-bond donors (Lipinski definition) is 2. The van der Waals surface area contributed by atoms with Crippen molar-refractivity contribution < 1.29 is 18.7 Å². The van der Waals surface area contributed by atoms with Crippen LogP contribution in [0.3, 0.4) is 0 Å². The smallest absolute Gasteiger partial charge is 0.341 e. The SMILES string of the molecule is Cc1c(F)cc(N)c2c(=O)c(C(=O)O)cn([C@@H]3C[C@H]3F)c12. The van der Waals surface area contributed by atoms with Crippen molar-refractivity contribution in [2.45, 2.75) is 25.6 Å². The summed E-state index contributed by atoms with van der Waals surface area (Å²) in [7, 11) is 0. The lowest BCUT2D eigenvalue weighted by Crippen LogP contribution is -2.21. The zero-order valence-corrected chi connectivity index (χ0v) is 11.1. The van der Waals surface area contributed by atoms with Gasteiger partial charge in [0.2, 0.25) is 5.43 Å². The number of fused-ring (bicyclic) bond motifs is 1. The number of anilines is 1. The number of nitrogen functional groups attached to an aromatic ring is 1. The lowest BCUT2D eigenvalue weighted by atomic mass is 10.0. The van der Waals surface area contributed by atoms with Crippen LogP contribution in [0.1, 0.15) is 28.4 Å². The Morgan fingerprint density at radius 3 is 2.67 bits per heavy atom. The van der Waals surface area contributed by atoms with Crippen molar-refractivity contribution in [2.75, 3.05) is 5.73 Å². The molecule has 2 aromatic rings. The van der Waals surface area contributed by atoms with Gasteiger partial charge in [-0.25, -0.2) is 13.6 Å². The third-order valence-corrected chi connectivity index (χ3v) is 3.79. The van der Waals surface area contributed by atoms with Crippen LogP contribution in [0.2, 0.25) is 0 Å². The van der Waals surface area contributed by atoms with Crippen molar-refractivity contribution in [2.24, 2.45) is 0 Å². The molecule has 1 aliphatic carbocycles. The zero-order chi connectivity index (χ0) is 15.5. The van der Waals surface area contributed by atoms with Crippen LogP contribution >= 0.6 is 0 Å². The highest BCUT2D eigenvalue weighted by molar-refractivity contribution is 5.98.